The standard InChI is InChI=1S/C19H24N6O2/c1-23-9-3-8-20-18(27)19(23)6-10-24(11-7-19)17(26)15-4-2-5-16(12-15)25-13-21-22-14-25/h2,4-5,12-14H,3,6-11H2,1H3,(H,20,27). The molecule has 8 nitrogen and oxygen atoms in total. The van der Waals surface area contributed by atoms with Crippen molar-refractivity contribution in [2.24, 2.45) is 0 Å². The average molecular weight is 368 g/mol. The number of carbonyl (C=O) groups is 2. The number of benzene rings is 1. The first-order valence-electron chi connectivity index (χ1n) is 9.34. The lowest BCUT2D eigenvalue weighted by Gasteiger charge is -2.45. The predicted molar refractivity (Wildman–Crippen MR) is 99.5 cm³/mol. The summed E-state index contributed by atoms with van der Waals surface area (Å²) in [4.78, 5) is 29.7. The van der Waals surface area contributed by atoms with E-state index in [0.717, 1.165) is 25.2 Å². The molecule has 2 amide bonds. The van der Waals surface area contributed by atoms with Crippen molar-refractivity contribution in [3.05, 3.63) is 42.5 Å². The van der Waals surface area contributed by atoms with E-state index in [1.54, 1.807) is 17.2 Å². The van der Waals surface area contributed by atoms with Crippen LogP contribution in [0.2, 0.25) is 0 Å². The Morgan fingerprint density at radius 3 is 2.63 bits per heavy atom. The molecule has 0 radical (unpaired) electrons. The van der Waals surface area contributed by atoms with Gasteiger partial charge in [0.25, 0.3) is 5.91 Å². The Morgan fingerprint density at radius 2 is 1.89 bits per heavy atom. The van der Waals surface area contributed by atoms with E-state index >= 15 is 0 Å². The third kappa shape index (κ3) is 3.21. The molecule has 2 aliphatic rings. The second-order valence-electron chi connectivity index (χ2n) is 7.27. The Bertz CT molecular complexity index is 826. The van der Waals surface area contributed by atoms with Crippen molar-refractivity contribution in [2.75, 3.05) is 33.2 Å². The van der Waals surface area contributed by atoms with Gasteiger partial charge in [-0.3, -0.25) is 19.1 Å². The number of nitrogens with one attached hydrogen (secondary N) is 1. The lowest BCUT2D eigenvalue weighted by Crippen LogP contribution is -2.61. The largest absolute Gasteiger partial charge is 0.354 e. The normalized spacial score (nSPS) is 20.3. The van der Waals surface area contributed by atoms with Crippen LogP contribution in [0, 0.1) is 0 Å². The molecule has 8 heteroatoms. The minimum atomic E-state index is -0.488. The lowest BCUT2D eigenvalue weighted by atomic mass is 9.85. The van der Waals surface area contributed by atoms with E-state index in [0.29, 0.717) is 31.5 Å². The highest BCUT2D eigenvalue weighted by atomic mass is 16.2. The Morgan fingerprint density at radius 1 is 1.15 bits per heavy atom. The minimum Gasteiger partial charge on any atom is -0.354 e. The van der Waals surface area contributed by atoms with Gasteiger partial charge in [-0.2, -0.15) is 0 Å². The van der Waals surface area contributed by atoms with Crippen molar-refractivity contribution in [1.82, 2.24) is 29.9 Å². The third-order valence-electron chi connectivity index (χ3n) is 5.80. The van der Waals surface area contributed by atoms with Crippen LogP contribution in [0.1, 0.15) is 29.6 Å². The summed E-state index contributed by atoms with van der Waals surface area (Å²) in [6.45, 7) is 2.78. The van der Waals surface area contributed by atoms with Gasteiger partial charge in [0.15, 0.2) is 0 Å². The zero-order valence-corrected chi connectivity index (χ0v) is 15.5. The summed E-state index contributed by atoms with van der Waals surface area (Å²) in [5.41, 5.74) is 0.996. The highest BCUT2D eigenvalue weighted by Gasteiger charge is 2.46. The van der Waals surface area contributed by atoms with Gasteiger partial charge in [-0.05, 0) is 44.5 Å². The fourth-order valence-electron chi connectivity index (χ4n) is 4.07. The van der Waals surface area contributed by atoms with E-state index in [1.165, 1.54) is 0 Å². The maximum Gasteiger partial charge on any atom is 0.253 e. The first-order chi connectivity index (χ1) is 13.1. The van der Waals surface area contributed by atoms with Crippen LogP contribution in [0.5, 0.6) is 0 Å². The summed E-state index contributed by atoms with van der Waals surface area (Å²) in [5.74, 6) is 0.0978. The molecular formula is C19H24N6O2. The number of likely N-dealkylation sites (N-methyl/N-ethyl adjacent to an activating group) is 1. The average Bonchev–Trinajstić information content (AvgIpc) is 3.21. The molecule has 0 bridgehead atoms. The fourth-order valence-corrected chi connectivity index (χ4v) is 4.07. The number of carbonyl (C=O) groups excluding carboxylic acids is 2. The molecule has 0 unspecified atom stereocenters. The van der Waals surface area contributed by atoms with Crippen molar-refractivity contribution in [3.63, 3.8) is 0 Å². The van der Waals surface area contributed by atoms with Gasteiger partial charge in [0.05, 0.1) is 0 Å². The summed E-state index contributed by atoms with van der Waals surface area (Å²) in [5, 5.41) is 10.7. The van der Waals surface area contributed by atoms with Crippen LogP contribution in [0.15, 0.2) is 36.9 Å². The van der Waals surface area contributed by atoms with Gasteiger partial charge < -0.3 is 10.2 Å². The van der Waals surface area contributed by atoms with E-state index in [9.17, 15) is 9.59 Å². The number of likely N-dealkylation sites (tertiary alicyclic amines) is 1. The molecule has 1 aromatic carbocycles. The summed E-state index contributed by atoms with van der Waals surface area (Å²) in [7, 11) is 2.02. The quantitative estimate of drug-likeness (QED) is 0.843. The summed E-state index contributed by atoms with van der Waals surface area (Å²) < 4.78 is 1.77. The Balaban J connectivity index is 1.49. The zero-order chi connectivity index (χ0) is 18.9. The molecule has 4 rings (SSSR count). The fraction of sp³-hybridized carbons (Fsp3) is 0.474. The molecule has 2 aliphatic heterocycles. The molecule has 2 saturated heterocycles. The van der Waals surface area contributed by atoms with Crippen LogP contribution in [-0.4, -0.2) is 75.1 Å². The van der Waals surface area contributed by atoms with Crippen molar-refractivity contribution >= 4 is 11.8 Å². The molecule has 142 valence electrons. The lowest BCUT2D eigenvalue weighted by molar-refractivity contribution is -0.134. The van der Waals surface area contributed by atoms with Crippen molar-refractivity contribution in [2.45, 2.75) is 24.8 Å². The Kier molecular flexibility index (Phi) is 4.65. The predicted octanol–water partition coefficient (Wildman–Crippen LogP) is 0.694. The highest BCUT2D eigenvalue weighted by molar-refractivity contribution is 5.95. The van der Waals surface area contributed by atoms with Gasteiger partial charge in [0.2, 0.25) is 5.91 Å². The van der Waals surface area contributed by atoms with Crippen LogP contribution >= 0.6 is 0 Å². The minimum absolute atomic E-state index is 0.00328. The van der Waals surface area contributed by atoms with Crippen LogP contribution in [0.25, 0.3) is 5.69 Å². The smallest absolute Gasteiger partial charge is 0.253 e. The van der Waals surface area contributed by atoms with Gasteiger partial charge in [-0.1, -0.05) is 6.07 Å². The zero-order valence-electron chi connectivity index (χ0n) is 15.5. The van der Waals surface area contributed by atoms with E-state index in [-0.39, 0.29) is 11.8 Å². The van der Waals surface area contributed by atoms with Gasteiger partial charge >= 0.3 is 0 Å². The molecule has 3 heterocycles. The molecule has 27 heavy (non-hydrogen) atoms. The molecule has 1 N–H and O–H groups in total. The SMILES string of the molecule is CN1CCCNC(=O)C12CCN(C(=O)c1cccc(-n3cnnc3)c1)CC2. The Labute approximate surface area is 158 Å². The Hall–Kier alpha value is -2.74. The van der Waals surface area contributed by atoms with Crippen molar-refractivity contribution in [1.29, 1.82) is 0 Å². The third-order valence-corrected chi connectivity index (χ3v) is 5.80. The first-order valence-corrected chi connectivity index (χ1v) is 9.34. The van der Waals surface area contributed by atoms with Gasteiger partial charge in [-0.25, -0.2) is 0 Å². The van der Waals surface area contributed by atoms with Gasteiger partial charge in [-0.15, -0.1) is 10.2 Å². The maximum absolute atomic E-state index is 13.0. The second-order valence-corrected chi connectivity index (χ2v) is 7.27. The summed E-state index contributed by atoms with van der Waals surface area (Å²) in [6, 6.07) is 7.45. The number of nitrogens with zero attached hydrogens (tertiary/aromatic N) is 5. The van der Waals surface area contributed by atoms with E-state index in [2.05, 4.69) is 20.4 Å². The van der Waals surface area contributed by atoms with Gasteiger partial charge in [0.1, 0.15) is 18.2 Å². The number of hydrogen-bond donors (Lipinski definition) is 1. The number of piperidine rings is 1. The molecule has 0 atom stereocenters. The van der Waals surface area contributed by atoms with E-state index in [4.69, 9.17) is 0 Å². The molecule has 1 aromatic heterocycles. The van der Waals surface area contributed by atoms with Crippen LogP contribution < -0.4 is 5.32 Å². The van der Waals surface area contributed by atoms with E-state index < -0.39 is 5.54 Å². The van der Waals surface area contributed by atoms with Crippen molar-refractivity contribution < 1.29 is 9.59 Å². The number of rotatable bonds is 2. The van der Waals surface area contributed by atoms with Crippen LogP contribution in [-0.2, 0) is 4.79 Å². The number of hydrogen-bond acceptors (Lipinski definition) is 5. The number of amides is 2. The molecule has 2 fully saturated rings. The second kappa shape index (κ2) is 7.11. The highest BCUT2D eigenvalue weighted by Crippen LogP contribution is 2.30. The molecule has 0 aliphatic carbocycles. The van der Waals surface area contributed by atoms with Crippen molar-refractivity contribution in [3.8, 4) is 5.69 Å². The number of aromatic nitrogens is 3. The summed E-state index contributed by atoms with van der Waals surface area (Å²) in [6.07, 6.45) is 5.49. The molecule has 0 saturated carbocycles. The van der Waals surface area contributed by atoms with Crippen LogP contribution in [0.4, 0.5) is 0 Å². The molecular weight excluding hydrogens is 344 g/mol. The first kappa shape index (κ1) is 17.7. The summed E-state index contributed by atoms with van der Waals surface area (Å²) >= 11 is 0. The van der Waals surface area contributed by atoms with Gasteiger partial charge in [0, 0.05) is 37.4 Å². The maximum atomic E-state index is 13.0. The van der Waals surface area contributed by atoms with E-state index in [1.807, 2.05) is 36.2 Å². The van der Waals surface area contributed by atoms with Crippen LogP contribution in [0.3, 0.4) is 0 Å². The monoisotopic (exact) mass is 368 g/mol. The molecule has 2 aromatic rings. The topological polar surface area (TPSA) is 83.4 Å². The molecule has 1 spiro atoms.